The van der Waals surface area contributed by atoms with Crippen LogP contribution in [0.25, 0.3) is 0 Å². The lowest BCUT2D eigenvalue weighted by Gasteiger charge is -2.32. The Morgan fingerprint density at radius 2 is 1.68 bits per heavy atom. The molecular formula is C31H36ClN3O5S. The lowest BCUT2D eigenvalue weighted by molar-refractivity contribution is -0.139. The summed E-state index contributed by atoms with van der Waals surface area (Å²) in [5.41, 5.74) is 1.94. The summed E-state index contributed by atoms with van der Waals surface area (Å²) >= 11 is 6.07. The number of nitrogens with zero attached hydrogens (tertiary/aromatic N) is 2. The second-order valence-electron chi connectivity index (χ2n) is 10.3. The summed E-state index contributed by atoms with van der Waals surface area (Å²) in [6.45, 7) is 3.12. The number of rotatable bonds is 11. The Morgan fingerprint density at radius 3 is 2.32 bits per heavy atom. The molecule has 1 fully saturated rings. The average Bonchev–Trinajstić information content (AvgIpc) is 3.48. The Hall–Kier alpha value is -3.56. The zero-order valence-corrected chi connectivity index (χ0v) is 25.1. The molecule has 1 aliphatic rings. The molecule has 0 saturated heterocycles. The SMILES string of the molecule is COc1cccc(N(CC(=O)N(Cc2ccc(Cl)cc2)C(C)C(=O)NC2CCCC2)S(=O)(=O)c2ccc(C)cc2)c1. The van der Waals surface area contributed by atoms with E-state index in [1.807, 2.05) is 6.92 Å². The molecule has 0 bridgehead atoms. The Labute approximate surface area is 247 Å². The van der Waals surface area contributed by atoms with Crippen LogP contribution in [0.4, 0.5) is 5.69 Å². The summed E-state index contributed by atoms with van der Waals surface area (Å²) in [6, 6.07) is 19.2. The molecule has 4 rings (SSSR count). The first-order chi connectivity index (χ1) is 19.6. The van der Waals surface area contributed by atoms with Crippen LogP contribution in [0.1, 0.15) is 43.7 Å². The Balaban J connectivity index is 1.69. The molecule has 1 aliphatic carbocycles. The number of hydrogen-bond acceptors (Lipinski definition) is 5. The van der Waals surface area contributed by atoms with E-state index in [4.69, 9.17) is 16.3 Å². The minimum atomic E-state index is -4.16. The van der Waals surface area contributed by atoms with Crippen LogP contribution in [0.2, 0.25) is 5.02 Å². The maximum atomic E-state index is 14.1. The van der Waals surface area contributed by atoms with Crippen LogP contribution < -0.4 is 14.4 Å². The van der Waals surface area contributed by atoms with E-state index >= 15 is 0 Å². The Bertz CT molecular complexity index is 1460. The molecule has 41 heavy (non-hydrogen) atoms. The largest absolute Gasteiger partial charge is 0.497 e. The molecule has 218 valence electrons. The topological polar surface area (TPSA) is 96.0 Å². The van der Waals surface area contributed by atoms with Crippen molar-refractivity contribution in [2.24, 2.45) is 0 Å². The van der Waals surface area contributed by atoms with Crippen molar-refractivity contribution in [1.82, 2.24) is 10.2 Å². The molecule has 10 heteroatoms. The number of anilines is 1. The van der Waals surface area contributed by atoms with Crippen LogP contribution in [-0.2, 0) is 26.2 Å². The zero-order valence-electron chi connectivity index (χ0n) is 23.5. The van der Waals surface area contributed by atoms with E-state index in [9.17, 15) is 18.0 Å². The normalized spacial score (nSPS) is 14.3. The third-order valence-electron chi connectivity index (χ3n) is 7.36. The minimum Gasteiger partial charge on any atom is -0.497 e. The fourth-order valence-corrected chi connectivity index (χ4v) is 6.42. The van der Waals surface area contributed by atoms with E-state index in [2.05, 4.69) is 5.32 Å². The van der Waals surface area contributed by atoms with Crippen LogP contribution in [0.3, 0.4) is 0 Å². The number of carbonyl (C=O) groups excluding carboxylic acids is 2. The van der Waals surface area contributed by atoms with Crippen molar-refractivity contribution in [3.05, 3.63) is 88.9 Å². The summed E-state index contributed by atoms with van der Waals surface area (Å²) in [5, 5.41) is 3.62. The van der Waals surface area contributed by atoms with Gasteiger partial charge in [0.2, 0.25) is 11.8 Å². The van der Waals surface area contributed by atoms with Crippen molar-refractivity contribution in [1.29, 1.82) is 0 Å². The smallest absolute Gasteiger partial charge is 0.264 e. The summed E-state index contributed by atoms with van der Waals surface area (Å²) in [6.07, 6.45) is 3.92. The van der Waals surface area contributed by atoms with Gasteiger partial charge in [-0.1, -0.05) is 60.3 Å². The minimum absolute atomic E-state index is 0.0509. The van der Waals surface area contributed by atoms with Gasteiger partial charge in [-0.15, -0.1) is 0 Å². The highest BCUT2D eigenvalue weighted by molar-refractivity contribution is 7.92. The molecule has 1 unspecified atom stereocenters. The van der Waals surface area contributed by atoms with Gasteiger partial charge in [0.25, 0.3) is 10.0 Å². The Morgan fingerprint density at radius 1 is 1.02 bits per heavy atom. The molecule has 0 spiro atoms. The van der Waals surface area contributed by atoms with E-state index in [0.29, 0.717) is 10.8 Å². The number of nitrogens with one attached hydrogen (secondary N) is 1. The third-order valence-corrected chi connectivity index (χ3v) is 9.40. The first kappa shape index (κ1) is 30.4. The fraction of sp³-hybridized carbons (Fsp3) is 0.355. The number of halogens is 1. The van der Waals surface area contributed by atoms with Crippen molar-refractivity contribution in [3.63, 3.8) is 0 Å². The highest BCUT2D eigenvalue weighted by Gasteiger charge is 2.33. The van der Waals surface area contributed by atoms with Crippen molar-refractivity contribution >= 4 is 39.1 Å². The Kier molecular flexibility index (Phi) is 9.94. The van der Waals surface area contributed by atoms with Crippen molar-refractivity contribution in [3.8, 4) is 5.75 Å². The number of benzene rings is 3. The third kappa shape index (κ3) is 7.59. The predicted octanol–water partition coefficient (Wildman–Crippen LogP) is 5.33. The summed E-state index contributed by atoms with van der Waals surface area (Å²) in [5.74, 6) is -0.345. The number of aryl methyl sites for hydroxylation is 1. The van der Waals surface area contributed by atoms with Crippen LogP contribution in [-0.4, -0.2) is 50.9 Å². The fourth-order valence-electron chi connectivity index (χ4n) is 4.89. The summed E-state index contributed by atoms with van der Waals surface area (Å²) in [7, 11) is -2.67. The van der Waals surface area contributed by atoms with E-state index in [1.54, 1.807) is 67.6 Å². The second kappa shape index (κ2) is 13.4. The molecule has 1 atom stereocenters. The molecule has 0 radical (unpaired) electrons. The van der Waals surface area contributed by atoms with Crippen LogP contribution in [0.5, 0.6) is 5.75 Å². The van der Waals surface area contributed by atoms with Gasteiger partial charge in [-0.25, -0.2) is 8.42 Å². The quantitative estimate of drug-likeness (QED) is 0.322. The molecule has 0 aromatic heterocycles. The van der Waals surface area contributed by atoms with Gasteiger partial charge >= 0.3 is 0 Å². The van der Waals surface area contributed by atoms with Crippen molar-refractivity contribution in [2.75, 3.05) is 18.0 Å². The highest BCUT2D eigenvalue weighted by atomic mass is 35.5. The van der Waals surface area contributed by atoms with Crippen molar-refractivity contribution < 1.29 is 22.7 Å². The van der Waals surface area contributed by atoms with E-state index in [0.717, 1.165) is 41.1 Å². The summed E-state index contributed by atoms with van der Waals surface area (Å²) in [4.78, 5) is 28.8. The van der Waals surface area contributed by atoms with Crippen LogP contribution in [0, 0.1) is 6.92 Å². The first-order valence-electron chi connectivity index (χ1n) is 13.7. The molecule has 1 saturated carbocycles. The predicted molar refractivity (Wildman–Crippen MR) is 161 cm³/mol. The van der Waals surface area contributed by atoms with Crippen molar-refractivity contribution in [2.45, 2.75) is 63.1 Å². The maximum absolute atomic E-state index is 14.1. The van der Waals surface area contributed by atoms with Gasteiger partial charge in [-0.05, 0) is 68.7 Å². The lowest BCUT2D eigenvalue weighted by Crippen LogP contribution is -2.52. The number of ether oxygens (including phenoxy) is 1. The second-order valence-corrected chi connectivity index (χ2v) is 12.6. The van der Waals surface area contributed by atoms with Gasteiger partial charge in [0.05, 0.1) is 17.7 Å². The molecular weight excluding hydrogens is 562 g/mol. The number of hydrogen-bond donors (Lipinski definition) is 1. The number of methoxy groups -OCH3 is 1. The van der Waals surface area contributed by atoms with Gasteiger partial charge < -0.3 is 15.0 Å². The van der Waals surface area contributed by atoms with Gasteiger partial charge in [0.1, 0.15) is 18.3 Å². The molecule has 2 amide bonds. The van der Waals surface area contributed by atoms with Gasteiger partial charge in [0.15, 0.2) is 0 Å². The van der Waals surface area contributed by atoms with Crippen LogP contribution in [0.15, 0.2) is 77.7 Å². The van der Waals surface area contributed by atoms with E-state index in [1.165, 1.54) is 24.1 Å². The molecule has 0 aliphatic heterocycles. The monoisotopic (exact) mass is 597 g/mol. The van der Waals surface area contributed by atoms with Gasteiger partial charge in [-0.2, -0.15) is 0 Å². The maximum Gasteiger partial charge on any atom is 0.264 e. The molecule has 3 aromatic carbocycles. The molecule has 3 aromatic rings. The molecule has 8 nitrogen and oxygen atoms in total. The lowest BCUT2D eigenvalue weighted by atomic mass is 10.1. The summed E-state index contributed by atoms with van der Waals surface area (Å²) < 4.78 is 34.3. The molecule has 1 N–H and O–H groups in total. The van der Waals surface area contributed by atoms with Gasteiger partial charge in [-0.3, -0.25) is 13.9 Å². The number of amides is 2. The zero-order chi connectivity index (χ0) is 29.6. The number of carbonyl (C=O) groups is 2. The van der Waals surface area contributed by atoms with E-state index in [-0.39, 0.29) is 29.1 Å². The molecule has 0 heterocycles. The van der Waals surface area contributed by atoms with Gasteiger partial charge in [0, 0.05) is 23.7 Å². The van der Waals surface area contributed by atoms with E-state index < -0.39 is 28.5 Å². The number of sulfonamides is 1. The van der Waals surface area contributed by atoms with Crippen LogP contribution >= 0.6 is 11.6 Å². The average molecular weight is 598 g/mol. The standard InChI is InChI=1S/C31H36ClN3O5S/c1-22-11-17-29(18-12-22)41(38,39)35(27-9-6-10-28(19-27)40-3)21-30(36)34(20-24-13-15-25(32)16-14-24)23(2)31(37)33-26-7-4-5-8-26/h6,9-19,23,26H,4-5,7-8,20-21H2,1-3H3,(H,33,37). The highest BCUT2D eigenvalue weighted by Crippen LogP contribution is 2.28. The first-order valence-corrected chi connectivity index (χ1v) is 15.5.